The first-order valence-corrected chi connectivity index (χ1v) is 8.58. The third kappa shape index (κ3) is 2.91. The molecule has 0 amide bonds. The molecule has 4 rings (SSSR count). The molecule has 4 nitrogen and oxygen atoms in total. The topological polar surface area (TPSA) is 59.3 Å². The number of aromatic hydroxyl groups is 1. The summed E-state index contributed by atoms with van der Waals surface area (Å²) in [5.41, 5.74) is 0.696. The first-order valence-electron chi connectivity index (χ1n) is 8.58. The molecule has 1 aromatic heterocycles. The van der Waals surface area contributed by atoms with Gasteiger partial charge in [-0.05, 0) is 40.6 Å². The van der Waals surface area contributed by atoms with Crippen LogP contribution < -0.4 is 5.56 Å². The van der Waals surface area contributed by atoms with Gasteiger partial charge in [-0.25, -0.2) is 0 Å². The van der Waals surface area contributed by atoms with Crippen molar-refractivity contribution in [1.82, 2.24) is 4.57 Å². The molecule has 0 bridgehead atoms. The van der Waals surface area contributed by atoms with Crippen molar-refractivity contribution < 1.29 is 9.90 Å². The van der Waals surface area contributed by atoms with Gasteiger partial charge in [0, 0.05) is 12.4 Å². The lowest BCUT2D eigenvalue weighted by molar-refractivity contribution is 0.104. The first kappa shape index (κ1) is 16.8. The van der Waals surface area contributed by atoms with E-state index in [1.807, 2.05) is 42.5 Å². The van der Waals surface area contributed by atoms with E-state index < -0.39 is 11.3 Å². The zero-order valence-electron chi connectivity index (χ0n) is 14.7. The molecular formula is C23H17NO3. The van der Waals surface area contributed by atoms with E-state index >= 15 is 0 Å². The maximum absolute atomic E-state index is 12.7. The highest BCUT2D eigenvalue weighted by Crippen LogP contribution is 2.26. The minimum atomic E-state index is -0.521. The summed E-state index contributed by atoms with van der Waals surface area (Å²) in [6, 6.07) is 20.8. The Hall–Kier alpha value is -3.66. The molecule has 0 saturated heterocycles. The lowest BCUT2D eigenvalue weighted by Gasteiger charge is -2.09. The summed E-state index contributed by atoms with van der Waals surface area (Å²) in [6.07, 6.45) is 2.98. The van der Waals surface area contributed by atoms with E-state index in [4.69, 9.17) is 0 Å². The fourth-order valence-electron chi connectivity index (χ4n) is 3.27. The predicted octanol–water partition coefficient (Wildman–Crippen LogP) is 4.29. The lowest BCUT2D eigenvalue weighted by Crippen LogP contribution is -2.24. The van der Waals surface area contributed by atoms with Gasteiger partial charge < -0.3 is 9.67 Å². The zero-order chi connectivity index (χ0) is 19.0. The second-order valence-electron chi connectivity index (χ2n) is 6.41. The highest BCUT2D eigenvalue weighted by molar-refractivity contribution is 6.11. The fraction of sp³-hybridized carbons (Fsp3) is 0.0435. The number of ketones is 1. The molecule has 0 atom stereocenters. The summed E-state index contributed by atoms with van der Waals surface area (Å²) in [5, 5.41) is 13.1. The minimum Gasteiger partial charge on any atom is -0.506 e. The number of hydrogen-bond acceptors (Lipinski definition) is 3. The minimum absolute atomic E-state index is 0.215. The van der Waals surface area contributed by atoms with Gasteiger partial charge in [-0.3, -0.25) is 9.59 Å². The number of carbonyl (C=O) groups is 1. The summed E-state index contributed by atoms with van der Waals surface area (Å²) in [5.74, 6) is -0.797. The van der Waals surface area contributed by atoms with Gasteiger partial charge in [0.05, 0.1) is 5.52 Å². The summed E-state index contributed by atoms with van der Waals surface area (Å²) in [6.45, 7) is 0. The van der Waals surface area contributed by atoms with Crippen LogP contribution in [0, 0.1) is 0 Å². The highest BCUT2D eigenvalue weighted by Gasteiger charge is 2.19. The Labute approximate surface area is 155 Å². The first-order chi connectivity index (χ1) is 13.1. The van der Waals surface area contributed by atoms with E-state index in [9.17, 15) is 14.7 Å². The van der Waals surface area contributed by atoms with Crippen LogP contribution in [-0.4, -0.2) is 15.5 Å². The molecule has 4 aromatic rings. The second-order valence-corrected chi connectivity index (χ2v) is 6.41. The number of para-hydroxylation sites is 1. The monoisotopic (exact) mass is 355 g/mol. The van der Waals surface area contributed by atoms with Crippen molar-refractivity contribution in [3.8, 4) is 5.75 Å². The third-order valence-corrected chi connectivity index (χ3v) is 4.72. The molecular weight excluding hydrogens is 338 g/mol. The van der Waals surface area contributed by atoms with Crippen LogP contribution in [0.5, 0.6) is 5.75 Å². The van der Waals surface area contributed by atoms with Gasteiger partial charge in [0.15, 0.2) is 5.78 Å². The van der Waals surface area contributed by atoms with E-state index in [1.165, 1.54) is 10.6 Å². The SMILES string of the molecule is Cn1c(=O)c(C(=O)C=Cc2ccc3ccccc3c2)c(O)c2ccccc21. The standard InChI is InChI=1S/C23H17NO3/c1-24-19-9-5-4-8-18(19)22(26)21(23(24)27)20(25)13-11-15-10-12-16-6-2-3-7-17(16)14-15/h2-14,26H,1H3. The quantitative estimate of drug-likeness (QED) is 0.440. The number of carbonyl (C=O) groups excluding carboxylic acids is 1. The fourth-order valence-corrected chi connectivity index (χ4v) is 3.27. The molecule has 4 heteroatoms. The Morgan fingerprint density at radius 3 is 2.48 bits per heavy atom. The number of aryl methyl sites for hydroxylation is 1. The number of nitrogens with zero attached hydrogens (tertiary/aromatic N) is 1. The van der Waals surface area contributed by atoms with Crippen LogP contribution in [0.15, 0.2) is 77.6 Å². The van der Waals surface area contributed by atoms with Crippen molar-refractivity contribution in [2.45, 2.75) is 0 Å². The Morgan fingerprint density at radius 2 is 1.67 bits per heavy atom. The highest BCUT2D eigenvalue weighted by atomic mass is 16.3. The van der Waals surface area contributed by atoms with Crippen LogP contribution in [0.4, 0.5) is 0 Å². The number of benzene rings is 3. The Balaban J connectivity index is 1.76. The largest absolute Gasteiger partial charge is 0.506 e. The van der Waals surface area contributed by atoms with Crippen molar-refractivity contribution >= 4 is 33.5 Å². The summed E-state index contributed by atoms with van der Waals surface area (Å²) in [7, 11) is 1.59. The molecule has 0 fully saturated rings. The van der Waals surface area contributed by atoms with Crippen LogP contribution in [-0.2, 0) is 7.05 Å². The molecule has 0 radical (unpaired) electrons. The lowest BCUT2D eigenvalue weighted by atomic mass is 10.0. The molecule has 0 aliphatic rings. The predicted molar refractivity (Wildman–Crippen MR) is 108 cm³/mol. The molecule has 1 heterocycles. The van der Waals surface area contributed by atoms with Gasteiger partial charge in [0.1, 0.15) is 11.3 Å². The molecule has 0 unspecified atom stereocenters. The van der Waals surface area contributed by atoms with E-state index in [0.29, 0.717) is 10.9 Å². The van der Waals surface area contributed by atoms with Gasteiger partial charge >= 0.3 is 0 Å². The van der Waals surface area contributed by atoms with Gasteiger partial charge in [-0.1, -0.05) is 54.6 Å². The Bertz CT molecular complexity index is 1280. The Kier molecular flexibility index (Phi) is 4.09. The zero-order valence-corrected chi connectivity index (χ0v) is 14.7. The molecule has 1 N–H and O–H groups in total. The number of pyridine rings is 1. The number of hydrogen-bond donors (Lipinski definition) is 1. The van der Waals surface area contributed by atoms with Crippen molar-refractivity contribution in [3.05, 3.63) is 94.3 Å². The molecule has 0 aliphatic heterocycles. The Morgan fingerprint density at radius 1 is 0.963 bits per heavy atom. The molecule has 27 heavy (non-hydrogen) atoms. The van der Waals surface area contributed by atoms with Gasteiger partial charge in [0.25, 0.3) is 5.56 Å². The number of aromatic nitrogens is 1. The molecule has 3 aromatic carbocycles. The van der Waals surface area contributed by atoms with Crippen LogP contribution in [0.3, 0.4) is 0 Å². The second kappa shape index (κ2) is 6.57. The average molecular weight is 355 g/mol. The van der Waals surface area contributed by atoms with E-state index in [1.54, 1.807) is 37.4 Å². The molecule has 0 saturated carbocycles. The molecule has 132 valence electrons. The maximum atomic E-state index is 12.7. The van der Waals surface area contributed by atoms with E-state index in [-0.39, 0.29) is 11.3 Å². The average Bonchev–Trinajstić information content (AvgIpc) is 2.70. The molecule has 0 spiro atoms. The van der Waals surface area contributed by atoms with Crippen LogP contribution in [0.25, 0.3) is 27.8 Å². The van der Waals surface area contributed by atoms with Crippen molar-refractivity contribution in [1.29, 1.82) is 0 Å². The summed E-state index contributed by atoms with van der Waals surface area (Å²) < 4.78 is 1.38. The third-order valence-electron chi connectivity index (χ3n) is 4.72. The van der Waals surface area contributed by atoms with Crippen LogP contribution >= 0.6 is 0 Å². The van der Waals surface area contributed by atoms with Crippen LogP contribution in [0.1, 0.15) is 15.9 Å². The summed E-state index contributed by atoms with van der Waals surface area (Å²) >= 11 is 0. The summed E-state index contributed by atoms with van der Waals surface area (Å²) in [4.78, 5) is 25.2. The maximum Gasteiger partial charge on any atom is 0.265 e. The van der Waals surface area contributed by atoms with Gasteiger partial charge in [0.2, 0.25) is 0 Å². The van der Waals surface area contributed by atoms with Crippen molar-refractivity contribution in [2.24, 2.45) is 7.05 Å². The number of rotatable bonds is 3. The molecule has 0 aliphatic carbocycles. The smallest absolute Gasteiger partial charge is 0.265 e. The number of allylic oxidation sites excluding steroid dienone is 1. The van der Waals surface area contributed by atoms with Crippen molar-refractivity contribution in [2.75, 3.05) is 0 Å². The number of fused-ring (bicyclic) bond motifs is 2. The van der Waals surface area contributed by atoms with Gasteiger partial charge in [-0.15, -0.1) is 0 Å². The normalized spacial score (nSPS) is 11.4. The van der Waals surface area contributed by atoms with Crippen LogP contribution in [0.2, 0.25) is 0 Å². The van der Waals surface area contributed by atoms with E-state index in [2.05, 4.69) is 0 Å². The van der Waals surface area contributed by atoms with Crippen molar-refractivity contribution in [3.63, 3.8) is 0 Å². The van der Waals surface area contributed by atoms with E-state index in [0.717, 1.165) is 16.3 Å². The van der Waals surface area contributed by atoms with Gasteiger partial charge in [-0.2, -0.15) is 0 Å².